The lowest BCUT2D eigenvalue weighted by Crippen LogP contribution is -2.49. The van der Waals surface area contributed by atoms with Gasteiger partial charge in [-0.1, -0.05) is 0 Å². The lowest BCUT2D eigenvalue weighted by Gasteiger charge is -2.35. The minimum Gasteiger partial charge on any atom is -0.494 e. The van der Waals surface area contributed by atoms with E-state index < -0.39 is 0 Å². The summed E-state index contributed by atoms with van der Waals surface area (Å²) in [7, 11) is 1.82. The summed E-state index contributed by atoms with van der Waals surface area (Å²) >= 11 is 0. The van der Waals surface area contributed by atoms with Crippen LogP contribution in [0.5, 0.6) is 5.75 Å². The molecule has 1 amide bonds. The maximum absolute atomic E-state index is 13.2. The van der Waals surface area contributed by atoms with Crippen molar-refractivity contribution in [3.8, 4) is 17.0 Å². The third-order valence-corrected chi connectivity index (χ3v) is 6.26. The van der Waals surface area contributed by atoms with Gasteiger partial charge in [0, 0.05) is 38.8 Å². The first-order valence-electron chi connectivity index (χ1n) is 11.3. The van der Waals surface area contributed by atoms with Crippen molar-refractivity contribution in [3.05, 3.63) is 53.3 Å². The number of benzene rings is 1. The van der Waals surface area contributed by atoms with Crippen LogP contribution in [0.3, 0.4) is 0 Å². The number of anilines is 1. The molecule has 0 unspecified atom stereocenters. The van der Waals surface area contributed by atoms with Crippen LogP contribution >= 0.6 is 0 Å². The van der Waals surface area contributed by atoms with E-state index in [2.05, 4.69) is 26.3 Å². The van der Waals surface area contributed by atoms with Crippen molar-refractivity contribution in [2.75, 3.05) is 37.7 Å². The normalized spacial score (nSPS) is 15.7. The number of hydrogen-bond acceptors (Lipinski definition) is 6. The molecular weight excluding hydrogens is 404 g/mol. The van der Waals surface area contributed by atoms with E-state index >= 15 is 0 Å². The Morgan fingerprint density at radius 3 is 2.56 bits per heavy atom. The van der Waals surface area contributed by atoms with Gasteiger partial charge in [-0.15, -0.1) is 5.10 Å². The zero-order valence-electron chi connectivity index (χ0n) is 18.6. The Kier molecular flexibility index (Phi) is 5.51. The molecule has 1 aromatic carbocycles. The molecule has 0 saturated carbocycles. The van der Waals surface area contributed by atoms with E-state index in [4.69, 9.17) is 4.74 Å². The maximum Gasteiger partial charge on any atom is 0.272 e. The minimum atomic E-state index is 0.0110. The Balaban J connectivity index is 1.25. The van der Waals surface area contributed by atoms with Crippen LogP contribution in [0.2, 0.25) is 0 Å². The summed E-state index contributed by atoms with van der Waals surface area (Å²) < 4.78 is 7.18. The average molecular weight is 433 g/mol. The van der Waals surface area contributed by atoms with Gasteiger partial charge in [0.05, 0.1) is 18.0 Å². The Labute approximate surface area is 187 Å². The Morgan fingerprint density at radius 1 is 1.03 bits per heavy atom. The second-order valence-electron chi connectivity index (χ2n) is 8.30. The van der Waals surface area contributed by atoms with E-state index in [0.717, 1.165) is 54.4 Å². The number of aromatic nitrogens is 4. The molecule has 0 spiro atoms. The molecule has 5 rings (SSSR count). The second-order valence-corrected chi connectivity index (χ2v) is 8.30. The van der Waals surface area contributed by atoms with Gasteiger partial charge in [0.1, 0.15) is 11.4 Å². The van der Waals surface area contributed by atoms with Crippen molar-refractivity contribution >= 4 is 11.7 Å². The van der Waals surface area contributed by atoms with Crippen LogP contribution in [0.4, 0.5) is 5.82 Å². The van der Waals surface area contributed by atoms with E-state index in [1.807, 2.05) is 49.2 Å². The summed E-state index contributed by atoms with van der Waals surface area (Å²) in [6, 6.07) is 11.8. The summed E-state index contributed by atoms with van der Waals surface area (Å²) in [6.07, 6.45) is 3.29. The summed E-state index contributed by atoms with van der Waals surface area (Å²) in [6.45, 7) is 5.41. The van der Waals surface area contributed by atoms with Crippen molar-refractivity contribution < 1.29 is 9.53 Å². The van der Waals surface area contributed by atoms with E-state index in [9.17, 15) is 4.79 Å². The lowest BCUT2D eigenvalue weighted by molar-refractivity contribution is 0.0735. The van der Waals surface area contributed by atoms with Gasteiger partial charge in [0.15, 0.2) is 5.82 Å². The largest absolute Gasteiger partial charge is 0.494 e. The smallest absolute Gasteiger partial charge is 0.272 e. The minimum absolute atomic E-state index is 0.0110. The third-order valence-electron chi connectivity index (χ3n) is 6.26. The molecule has 32 heavy (non-hydrogen) atoms. The van der Waals surface area contributed by atoms with Crippen LogP contribution in [0.15, 0.2) is 36.4 Å². The number of hydrogen-bond donors (Lipinski definition) is 0. The molecule has 3 aromatic rings. The number of rotatable bonds is 5. The van der Waals surface area contributed by atoms with E-state index in [1.54, 1.807) is 4.68 Å². The van der Waals surface area contributed by atoms with Gasteiger partial charge >= 0.3 is 0 Å². The van der Waals surface area contributed by atoms with E-state index in [1.165, 1.54) is 12.0 Å². The molecule has 1 aliphatic heterocycles. The standard InChI is InChI=1S/C24H28N6O2/c1-3-32-19-9-7-17(8-10-19)21-16-22(28(2)27-21)24(31)30-13-11-29(12-14-30)23-15-18-5-4-6-20(18)25-26-23/h7-10,15-16H,3-6,11-14H2,1-2H3. The molecule has 2 aromatic heterocycles. The lowest BCUT2D eigenvalue weighted by atomic mass is 10.1. The maximum atomic E-state index is 13.2. The van der Waals surface area contributed by atoms with Gasteiger partial charge in [-0.2, -0.15) is 10.2 Å². The van der Waals surface area contributed by atoms with Crippen LogP contribution in [-0.2, 0) is 19.9 Å². The van der Waals surface area contributed by atoms with Gasteiger partial charge in [0.25, 0.3) is 5.91 Å². The zero-order valence-corrected chi connectivity index (χ0v) is 18.6. The molecule has 3 heterocycles. The summed E-state index contributed by atoms with van der Waals surface area (Å²) in [5.74, 6) is 1.77. The van der Waals surface area contributed by atoms with Crippen LogP contribution < -0.4 is 9.64 Å². The molecule has 8 nitrogen and oxygen atoms in total. The molecule has 1 fully saturated rings. The Morgan fingerprint density at radius 2 is 1.81 bits per heavy atom. The Bertz CT molecular complexity index is 1120. The first-order chi connectivity index (χ1) is 15.6. The fourth-order valence-corrected chi connectivity index (χ4v) is 4.47. The molecule has 1 aliphatic carbocycles. The van der Waals surface area contributed by atoms with Gasteiger partial charge < -0.3 is 14.5 Å². The van der Waals surface area contributed by atoms with Gasteiger partial charge in [-0.05, 0) is 68.1 Å². The highest BCUT2D eigenvalue weighted by Crippen LogP contribution is 2.25. The van der Waals surface area contributed by atoms with Gasteiger partial charge in [0.2, 0.25) is 0 Å². The van der Waals surface area contributed by atoms with Crippen LogP contribution in [0, 0.1) is 0 Å². The number of aryl methyl sites for hydroxylation is 3. The number of nitrogens with zero attached hydrogens (tertiary/aromatic N) is 6. The van der Waals surface area contributed by atoms with E-state index in [0.29, 0.717) is 25.4 Å². The summed E-state index contributed by atoms with van der Waals surface area (Å²) in [5, 5.41) is 13.4. The summed E-state index contributed by atoms with van der Waals surface area (Å²) in [5.41, 5.74) is 4.81. The van der Waals surface area contributed by atoms with Crippen molar-refractivity contribution in [3.63, 3.8) is 0 Å². The fraction of sp³-hybridized carbons (Fsp3) is 0.417. The number of ether oxygens (including phenoxy) is 1. The van der Waals surface area contributed by atoms with Crippen LogP contribution in [0.1, 0.15) is 35.1 Å². The predicted molar refractivity (Wildman–Crippen MR) is 122 cm³/mol. The van der Waals surface area contributed by atoms with E-state index in [-0.39, 0.29) is 5.91 Å². The molecule has 0 radical (unpaired) electrons. The Hall–Kier alpha value is -3.42. The topological polar surface area (TPSA) is 76.4 Å². The number of fused-ring (bicyclic) bond motifs is 1. The first-order valence-corrected chi connectivity index (χ1v) is 11.3. The third kappa shape index (κ3) is 3.92. The molecule has 0 N–H and O–H groups in total. The predicted octanol–water partition coefficient (Wildman–Crippen LogP) is 2.73. The van der Waals surface area contributed by atoms with Crippen molar-refractivity contribution in [1.29, 1.82) is 0 Å². The van der Waals surface area contributed by atoms with Crippen molar-refractivity contribution in [1.82, 2.24) is 24.9 Å². The monoisotopic (exact) mass is 432 g/mol. The molecule has 166 valence electrons. The quantitative estimate of drug-likeness (QED) is 0.617. The fourth-order valence-electron chi connectivity index (χ4n) is 4.47. The molecule has 2 aliphatic rings. The zero-order chi connectivity index (χ0) is 22.1. The first kappa shape index (κ1) is 20.5. The van der Waals surface area contributed by atoms with Crippen molar-refractivity contribution in [2.45, 2.75) is 26.2 Å². The number of carbonyl (C=O) groups excluding carboxylic acids is 1. The molecule has 0 atom stereocenters. The molecular formula is C24H28N6O2. The van der Waals surface area contributed by atoms with Crippen LogP contribution in [-0.4, -0.2) is 63.6 Å². The molecule has 8 heteroatoms. The molecule has 1 saturated heterocycles. The average Bonchev–Trinajstić information content (AvgIpc) is 3.45. The number of piperazine rings is 1. The highest BCUT2D eigenvalue weighted by Gasteiger charge is 2.26. The SMILES string of the molecule is CCOc1ccc(-c2cc(C(=O)N3CCN(c4cc5c(nn4)CCC5)CC3)n(C)n2)cc1. The highest BCUT2D eigenvalue weighted by molar-refractivity contribution is 5.94. The number of amides is 1. The highest BCUT2D eigenvalue weighted by atomic mass is 16.5. The van der Waals surface area contributed by atoms with Gasteiger partial charge in [-0.3, -0.25) is 9.48 Å². The van der Waals surface area contributed by atoms with Crippen LogP contribution in [0.25, 0.3) is 11.3 Å². The molecule has 0 bridgehead atoms. The number of carbonyl (C=O) groups is 1. The van der Waals surface area contributed by atoms with Crippen molar-refractivity contribution in [2.24, 2.45) is 7.05 Å². The second kappa shape index (κ2) is 8.61. The summed E-state index contributed by atoms with van der Waals surface area (Å²) in [4.78, 5) is 17.3. The van der Waals surface area contributed by atoms with Gasteiger partial charge in [-0.25, -0.2) is 0 Å².